The average molecular weight is 277 g/mol. The molecule has 2 rings (SSSR count). The summed E-state index contributed by atoms with van der Waals surface area (Å²) in [5.74, 6) is -0.689. The van der Waals surface area contributed by atoms with Gasteiger partial charge < -0.3 is 5.32 Å². The van der Waals surface area contributed by atoms with E-state index >= 15 is 0 Å². The number of aryl methyl sites for hydroxylation is 1. The van der Waals surface area contributed by atoms with Gasteiger partial charge in [0.25, 0.3) is 0 Å². The van der Waals surface area contributed by atoms with Gasteiger partial charge >= 0.3 is 6.18 Å². The molecular weight excluding hydrogens is 263 g/mol. The van der Waals surface area contributed by atoms with Crippen molar-refractivity contribution < 1.29 is 18.0 Å². The number of carbonyl (C=O) groups excluding carboxylic acids is 1. The third-order valence-electron chi connectivity index (χ3n) is 3.45. The lowest BCUT2D eigenvalue weighted by Gasteiger charge is -2.29. The highest BCUT2D eigenvalue weighted by molar-refractivity contribution is 7.07. The first-order valence-electron chi connectivity index (χ1n) is 5.77. The van der Waals surface area contributed by atoms with E-state index < -0.39 is 17.4 Å². The second kappa shape index (κ2) is 5.01. The zero-order chi connectivity index (χ0) is 13.2. The maximum Gasteiger partial charge on any atom is 0.402 e. The Kier molecular flexibility index (Phi) is 3.77. The second-order valence-electron chi connectivity index (χ2n) is 4.56. The van der Waals surface area contributed by atoms with Gasteiger partial charge in [0.05, 0.1) is 0 Å². The molecule has 18 heavy (non-hydrogen) atoms. The zero-order valence-corrected chi connectivity index (χ0v) is 10.5. The van der Waals surface area contributed by atoms with Crippen molar-refractivity contribution in [2.45, 2.75) is 25.4 Å². The molecule has 1 aromatic heterocycles. The van der Waals surface area contributed by atoms with Crippen LogP contribution in [0, 0.1) is 5.41 Å². The van der Waals surface area contributed by atoms with E-state index in [0.29, 0.717) is 6.42 Å². The van der Waals surface area contributed by atoms with Crippen LogP contribution in [0.1, 0.15) is 18.4 Å². The molecule has 0 aliphatic carbocycles. The molecule has 6 heteroatoms. The SMILES string of the molecule is O=C(CCc1ccsc1)C1(C(F)(F)F)CCNC1. The Morgan fingerprint density at radius 2 is 2.28 bits per heavy atom. The van der Waals surface area contributed by atoms with Crippen LogP contribution in [0.4, 0.5) is 13.2 Å². The monoisotopic (exact) mass is 277 g/mol. The summed E-state index contributed by atoms with van der Waals surface area (Å²) in [6.07, 6.45) is -4.25. The molecular formula is C12H14F3NOS. The summed E-state index contributed by atoms with van der Waals surface area (Å²) in [6.45, 7) is -0.0251. The minimum atomic E-state index is -4.46. The Hall–Kier alpha value is -0.880. The van der Waals surface area contributed by atoms with Crippen molar-refractivity contribution in [3.63, 3.8) is 0 Å². The van der Waals surface area contributed by atoms with Crippen molar-refractivity contribution in [3.05, 3.63) is 22.4 Å². The van der Waals surface area contributed by atoms with Crippen molar-refractivity contribution >= 4 is 17.1 Å². The molecule has 1 fully saturated rings. The number of thiophene rings is 1. The molecule has 0 radical (unpaired) electrons. The van der Waals surface area contributed by atoms with E-state index in [1.807, 2.05) is 16.8 Å². The molecule has 0 bridgehead atoms. The number of Topliss-reactive ketones (excluding diaryl/α,β-unsaturated/α-hetero) is 1. The predicted octanol–water partition coefficient (Wildman–Crippen LogP) is 2.79. The van der Waals surface area contributed by atoms with Gasteiger partial charge in [-0.25, -0.2) is 0 Å². The van der Waals surface area contributed by atoms with Gasteiger partial charge in [0.15, 0.2) is 0 Å². The standard InChI is InChI=1S/C12H14F3NOS/c13-12(14,15)11(4-5-16-8-11)10(17)2-1-9-3-6-18-7-9/h3,6-7,16H,1-2,4-5,8H2. The van der Waals surface area contributed by atoms with Gasteiger partial charge in [-0.05, 0) is 41.8 Å². The summed E-state index contributed by atoms with van der Waals surface area (Å²) in [6, 6.07) is 1.84. The van der Waals surface area contributed by atoms with Crippen molar-refractivity contribution in [2.75, 3.05) is 13.1 Å². The quantitative estimate of drug-likeness (QED) is 0.917. The fourth-order valence-electron chi connectivity index (χ4n) is 2.26. The van der Waals surface area contributed by atoms with Crippen molar-refractivity contribution in [1.82, 2.24) is 5.32 Å². The van der Waals surface area contributed by atoms with Crippen LogP contribution in [0.2, 0.25) is 0 Å². The van der Waals surface area contributed by atoms with Crippen LogP contribution in [0.15, 0.2) is 16.8 Å². The van der Waals surface area contributed by atoms with Crippen LogP contribution in [0.25, 0.3) is 0 Å². The number of nitrogens with one attached hydrogen (secondary N) is 1. The summed E-state index contributed by atoms with van der Waals surface area (Å²) < 4.78 is 39.2. The summed E-state index contributed by atoms with van der Waals surface area (Å²) in [4.78, 5) is 12.0. The van der Waals surface area contributed by atoms with Gasteiger partial charge in [0.2, 0.25) is 0 Å². The van der Waals surface area contributed by atoms with E-state index in [0.717, 1.165) is 5.56 Å². The van der Waals surface area contributed by atoms with Crippen molar-refractivity contribution in [3.8, 4) is 0 Å². The fraction of sp³-hybridized carbons (Fsp3) is 0.583. The summed E-state index contributed by atoms with van der Waals surface area (Å²) in [7, 11) is 0. The normalized spacial score (nSPS) is 24.4. The Morgan fingerprint density at radius 3 is 2.78 bits per heavy atom. The summed E-state index contributed by atoms with van der Waals surface area (Å²) in [5.41, 5.74) is -1.24. The predicted molar refractivity (Wildman–Crippen MR) is 63.6 cm³/mol. The van der Waals surface area contributed by atoms with Gasteiger partial charge in [-0.1, -0.05) is 0 Å². The van der Waals surface area contributed by atoms with Crippen LogP contribution in [0.3, 0.4) is 0 Å². The topological polar surface area (TPSA) is 29.1 Å². The number of ketones is 1. The number of rotatable bonds is 4. The second-order valence-corrected chi connectivity index (χ2v) is 5.34. The van der Waals surface area contributed by atoms with E-state index in [9.17, 15) is 18.0 Å². The Morgan fingerprint density at radius 1 is 1.50 bits per heavy atom. The molecule has 2 nitrogen and oxygen atoms in total. The molecule has 1 N–H and O–H groups in total. The molecule has 1 aromatic rings. The first-order valence-corrected chi connectivity index (χ1v) is 6.72. The largest absolute Gasteiger partial charge is 0.402 e. The molecule has 1 aliphatic heterocycles. The van der Waals surface area contributed by atoms with Gasteiger partial charge in [-0.15, -0.1) is 0 Å². The van der Waals surface area contributed by atoms with Crippen LogP contribution in [0.5, 0.6) is 0 Å². The third-order valence-corrected chi connectivity index (χ3v) is 4.18. The van der Waals surface area contributed by atoms with E-state index in [4.69, 9.17) is 0 Å². The number of hydrogen-bond acceptors (Lipinski definition) is 3. The molecule has 1 saturated heterocycles. The van der Waals surface area contributed by atoms with Gasteiger partial charge in [0.1, 0.15) is 11.2 Å². The molecule has 0 aromatic carbocycles. The Labute approximate surface area is 107 Å². The Balaban J connectivity index is 2.05. The maximum atomic E-state index is 13.1. The molecule has 1 aliphatic rings. The van der Waals surface area contributed by atoms with Crippen LogP contribution >= 0.6 is 11.3 Å². The first kappa shape index (κ1) is 13.5. The molecule has 1 atom stereocenters. The van der Waals surface area contributed by atoms with Crippen molar-refractivity contribution in [1.29, 1.82) is 0 Å². The number of hydrogen-bond donors (Lipinski definition) is 1. The van der Waals surface area contributed by atoms with Crippen LogP contribution in [-0.2, 0) is 11.2 Å². The highest BCUT2D eigenvalue weighted by Gasteiger charge is 2.60. The minimum absolute atomic E-state index is 0.0437. The van der Waals surface area contributed by atoms with Gasteiger partial charge in [0, 0.05) is 13.0 Å². The van der Waals surface area contributed by atoms with Crippen LogP contribution < -0.4 is 5.32 Å². The minimum Gasteiger partial charge on any atom is -0.315 e. The number of halogens is 3. The molecule has 0 amide bonds. The Bertz CT molecular complexity index is 407. The van der Waals surface area contributed by atoms with E-state index in [1.165, 1.54) is 11.3 Å². The average Bonchev–Trinajstić information content (AvgIpc) is 2.96. The van der Waals surface area contributed by atoms with Crippen LogP contribution in [-0.4, -0.2) is 25.0 Å². The van der Waals surface area contributed by atoms with Gasteiger partial charge in [-0.3, -0.25) is 4.79 Å². The molecule has 100 valence electrons. The lowest BCUT2D eigenvalue weighted by molar-refractivity contribution is -0.214. The lowest BCUT2D eigenvalue weighted by Crippen LogP contribution is -2.46. The summed E-state index contributed by atoms with van der Waals surface area (Å²) in [5, 5.41) is 6.37. The summed E-state index contributed by atoms with van der Waals surface area (Å²) >= 11 is 1.48. The molecule has 0 spiro atoms. The van der Waals surface area contributed by atoms with E-state index in [2.05, 4.69) is 5.32 Å². The third kappa shape index (κ3) is 2.44. The molecule has 2 heterocycles. The van der Waals surface area contributed by atoms with Gasteiger partial charge in [-0.2, -0.15) is 24.5 Å². The van der Waals surface area contributed by atoms with Crippen molar-refractivity contribution in [2.24, 2.45) is 5.41 Å². The van der Waals surface area contributed by atoms with E-state index in [-0.39, 0.29) is 25.9 Å². The smallest absolute Gasteiger partial charge is 0.315 e. The zero-order valence-electron chi connectivity index (χ0n) is 9.72. The number of alkyl halides is 3. The maximum absolute atomic E-state index is 13.1. The number of carbonyl (C=O) groups is 1. The van der Waals surface area contributed by atoms with E-state index in [1.54, 1.807) is 0 Å². The molecule has 1 unspecified atom stereocenters. The fourth-order valence-corrected chi connectivity index (χ4v) is 2.97. The highest BCUT2D eigenvalue weighted by atomic mass is 32.1. The lowest BCUT2D eigenvalue weighted by atomic mass is 9.79. The molecule has 0 saturated carbocycles. The first-order chi connectivity index (χ1) is 8.46. The highest BCUT2D eigenvalue weighted by Crippen LogP contribution is 2.44.